The number of anilines is 2. The summed E-state index contributed by atoms with van der Waals surface area (Å²) in [5.74, 6) is 3.05. The van der Waals surface area contributed by atoms with Gasteiger partial charge in [-0.1, -0.05) is 5.92 Å². The zero-order chi connectivity index (χ0) is 16.7. The zero-order valence-corrected chi connectivity index (χ0v) is 13.8. The van der Waals surface area contributed by atoms with Crippen molar-refractivity contribution in [3.63, 3.8) is 0 Å². The van der Waals surface area contributed by atoms with Crippen molar-refractivity contribution >= 4 is 28.2 Å². The lowest BCUT2D eigenvalue weighted by molar-refractivity contribution is 0.251. The number of carbonyl (C=O) groups is 1. The molecule has 0 bridgehead atoms. The number of benzene rings is 1. The zero-order valence-electron chi connectivity index (χ0n) is 13.0. The van der Waals surface area contributed by atoms with Crippen LogP contribution >= 0.6 is 11.3 Å². The third kappa shape index (κ3) is 5.20. The molecule has 0 saturated heterocycles. The van der Waals surface area contributed by atoms with Gasteiger partial charge in [0.15, 0.2) is 5.13 Å². The molecule has 0 aliphatic heterocycles. The highest BCUT2D eigenvalue weighted by molar-refractivity contribution is 7.13. The third-order valence-electron chi connectivity index (χ3n) is 2.79. The number of ether oxygens (including phenoxy) is 1. The molecule has 0 atom stereocenters. The van der Waals surface area contributed by atoms with E-state index in [-0.39, 0.29) is 12.6 Å². The Hall–Kier alpha value is -2.72. The number of terminal acetylenes is 1. The van der Waals surface area contributed by atoms with Crippen LogP contribution in [-0.2, 0) is 6.54 Å². The molecule has 2 rings (SSSR count). The van der Waals surface area contributed by atoms with E-state index in [1.165, 1.54) is 11.3 Å². The van der Waals surface area contributed by atoms with Gasteiger partial charge in [-0.15, -0.1) is 17.8 Å². The molecule has 23 heavy (non-hydrogen) atoms. The maximum absolute atomic E-state index is 11.9. The van der Waals surface area contributed by atoms with Crippen molar-refractivity contribution in [3.05, 3.63) is 35.3 Å². The van der Waals surface area contributed by atoms with Crippen molar-refractivity contribution in [2.24, 2.45) is 0 Å². The molecule has 0 unspecified atom stereocenters. The summed E-state index contributed by atoms with van der Waals surface area (Å²) >= 11 is 1.54. The van der Waals surface area contributed by atoms with E-state index in [1.807, 2.05) is 24.4 Å². The predicted octanol–water partition coefficient (Wildman–Crippen LogP) is 2.54. The molecule has 0 fully saturated rings. The Kier molecular flexibility index (Phi) is 5.83. The number of aromatic nitrogens is 1. The van der Waals surface area contributed by atoms with Crippen molar-refractivity contribution in [3.8, 4) is 18.1 Å². The van der Waals surface area contributed by atoms with Gasteiger partial charge in [0.25, 0.3) is 0 Å². The molecular weight excluding hydrogens is 312 g/mol. The van der Waals surface area contributed by atoms with Crippen molar-refractivity contribution in [2.75, 3.05) is 30.9 Å². The number of nitrogens with zero attached hydrogens (tertiary/aromatic N) is 2. The summed E-state index contributed by atoms with van der Waals surface area (Å²) < 4.78 is 5.27. The molecule has 120 valence electrons. The minimum Gasteiger partial charge on any atom is -0.481 e. The Morgan fingerprint density at radius 1 is 1.39 bits per heavy atom. The van der Waals surface area contributed by atoms with Crippen LogP contribution in [-0.4, -0.2) is 31.7 Å². The lowest BCUT2D eigenvalue weighted by atomic mass is 10.3. The van der Waals surface area contributed by atoms with Crippen LogP contribution in [0.1, 0.15) is 5.69 Å². The van der Waals surface area contributed by atoms with Gasteiger partial charge in [-0.05, 0) is 24.3 Å². The maximum Gasteiger partial charge on any atom is 0.319 e. The minimum atomic E-state index is -0.290. The second-order valence-electron chi connectivity index (χ2n) is 4.84. The molecule has 1 heterocycles. The second-order valence-corrected chi connectivity index (χ2v) is 5.68. The van der Waals surface area contributed by atoms with E-state index < -0.39 is 0 Å². The van der Waals surface area contributed by atoms with E-state index in [1.54, 1.807) is 24.3 Å². The second kappa shape index (κ2) is 8.06. The van der Waals surface area contributed by atoms with Crippen LogP contribution in [0.5, 0.6) is 5.75 Å². The number of nitrogens with one attached hydrogen (secondary N) is 2. The molecule has 6 nitrogen and oxygen atoms in total. The van der Waals surface area contributed by atoms with E-state index in [4.69, 9.17) is 11.2 Å². The Morgan fingerprint density at radius 3 is 2.74 bits per heavy atom. The highest BCUT2D eigenvalue weighted by Crippen LogP contribution is 2.18. The Labute approximate surface area is 139 Å². The SMILES string of the molecule is C#CCOc1ccc(NC(=O)NCc2csc(N(C)C)n2)cc1. The van der Waals surface area contributed by atoms with Crippen LogP contribution in [0, 0.1) is 12.3 Å². The largest absolute Gasteiger partial charge is 0.481 e. The van der Waals surface area contributed by atoms with Crippen molar-refractivity contribution < 1.29 is 9.53 Å². The van der Waals surface area contributed by atoms with Crippen molar-refractivity contribution in [2.45, 2.75) is 6.54 Å². The number of carbonyl (C=O) groups excluding carboxylic acids is 1. The van der Waals surface area contributed by atoms with Gasteiger partial charge in [0.05, 0.1) is 12.2 Å². The lowest BCUT2D eigenvalue weighted by Gasteiger charge is -2.08. The first kappa shape index (κ1) is 16.6. The van der Waals surface area contributed by atoms with E-state index in [0.717, 1.165) is 10.8 Å². The molecule has 2 N–H and O–H groups in total. The molecule has 1 aromatic carbocycles. The van der Waals surface area contributed by atoms with Crippen LogP contribution < -0.4 is 20.3 Å². The normalized spacial score (nSPS) is 9.78. The fourth-order valence-corrected chi connectivity index (χ4v) is 2.45. The van der Waals surface area contributed by atoms with Crippen LogP contribution in [0.25, 0.3) is 0 Å². The van der Waals surface area contributed by atoms with Crippen LogP contribution in [0.3, 0.4) is 0 Å². The smallest absolute Gasteiger partial charge is 0.319 e. The standard InChI is InChI=1S/C16H18N4O2S/c1-4-9-22-14-7-5-12(6-8-14)18-15(21)17-10-13-11-23-16(19-13)20(2)3/h1,5-8,11H,9-10H2,2-3H3,(H2,17,18,21). The van der Waals surface area contributed by atoms with Gasteiger partial charge in [-0.3, -0.25) is 0 Å². The number of urea groups is 1. The first-order chi connectivity index (χ1) is 11.1. The summed E-state index contributed by atoms with van der Waals surface area (Å²) in [6.45, 7) is 0.593. The molecule has 1 aromatic heterocycles. The molecule has 0 spiro atoms. The molecule has 2 aromatic rings. The minimum absolute atomic E-state index is 0.218. The number of hydrogen-bond acceptors (Lipinski definition) is 5. The van der Waals surface area contributed by atoms with Crippen molar-refractivity contribution in [1.29, 1.82) is 0 Å². The Balaban J connectivity index is 1.81. The highest BCUT2D eigenvalue weighted by atomic mass is 32.1. The van der Waals surface area contributed by atoms with Gasteiger partial charge in [-0.25, -0.2) is 9.78 Å². The van der Waals surface area contributed by atoms with Gasteiger partial charge in [-0.2, -0.15) is 0 Å². The molecule has 0 aliphatic carbocycles. The number of amides is 2. The average molecular weight is 330 g/mol. The van der Waals surface area contributed by atoms with Crippen LogP contribution in [0.15, 0.2) is 29.6 Å². The summed E-state index contributed by atoms with van der Waals surface area (Å²) in [5.41, 5.74) is 1.50. The molecule has 7 heteroatoms. The maximum atomic E-state index is 11.9. The molecule has 0 aliphatic rings. The highest BCUT2D eigenvalue weighted by Gasteiger charge is 2.06. The quantitative estimate of drug-likeness (QED) is 0.799. The van der Waals surface area contributed by atoms with E-state index in [9.17, 15) is 4.79 Å². The van der Waals surface area contributed by atoms with Gasteiger partial charge in [0.2, 0.25) is 0 Å². The van der Waals surface area contributed by atoms with Gasteiger partial charge < -0.3 is 20.3 Å². The van der Waals surface area contributed by atoms with Crippen LogP contribution in [0.2, 0.25) is 0 Å². The third-order valence-corrected chi connectivity index (χ3v) is 3.84. The number of rotatable bonds is 6. The molecule has 0 radical (unpaired) electrons. The topological polar surface area (TPSA) is 66.5 Å². The van der Waals surface area contributed by atoms with Gasteiger partial charge >= 0.3 is 6.03 Å². The monoisotopic (exact) mass is 330 g/mol. The first-order valence-corrected chi connectivity index (χ1v) is 7.79. The summed E-state index contributed by atoms with van der Waals surface area (Å²) in [5, 5.41) is 8.34. The van der Waals surface area contributed by atoms with E-state index >= 15 is 0 Å². The fraction of sp³-hybridized carbons (Fsp3) is 0.250. The summed E-state index contributed by atoms with van der Waals surface area (Å²) in [7, 11) is 3.86. The predicted molar refractivity (Wildman–Crippen MR) is 93.1 cm³/mol. The summed E-state index contributed by atoms with van der Waals surface area (Å²) in [4.78, 5) is 18.2. The molecule has 0 saturated carbocycles. The fourth-order valence-electron chi connectivity index (χ4n) is 1.69. The summed E-state index contributed by atoms with van der Waals surface area (Å²) in [6.07, 6.45) is 5.12. The molecular formula is C16H18N4O2S. The van der Waals surface area contributed by atoms with E-state index in [2.05, 4.69) is 21.5 Å². The number of thiazole rings is 1. The Bertz CT molecular complexity index is 689. The first-order valence-electron chi connectivity index (χ1n) is 6.91. The van der Waals surface area contributed by atoms with Crippen LogP contribution in [0.4, 0.5) is 15.6 Å². The number of hydrogen-bond donors (Lipinski definition) is 2. The summed E-state index contributed by atoms with van der Waals surface area (Å²) in [6, 6.07) is 6.70. The van der Waals surface area contributed by atoms with Gasteiger partial charge in [0.1, 0.15) is 12.4 Å². The van der Waals surface area contributed by atoms with Gasteiger partial charge in [0, 0.05) is 25.2 Å². The average Bonchev–Trinajstić information content (AvgIpc) is 3.01. The van der Waals surface area contributed by atoms with Crippen molar-refractivity contribution in [1.82, 2.24) is 10.3 Å². The molecule has 2 amide bonds. The van der Waals surface area contributed by atoms with E-state index in [0.29, 0.717) is 18.0 Å². The Morgan fingerprint density at radius 2 is 2.13 bits per heavy atom. The lowest BCUT2D eigenvalue weighted by Crippen LogP contribution is -2.28.